The summed E-state index contributed by atoms with van der Waals surface area (Å²) in [5, 5.41) is 10.1. The van der Waals surface area contributed by atoms with Crippen LogP contribution >= 0.6 is 0 Å². The Hall–Kier alpha value is -1.06. The molecule has 0 saturated carbocycles. The Morgan fingerprint density at radius 2 is 2.25 bits per heavy atom. The highest BCUT2D eigenvalue weighted by atomic mass is 16.5. The quantitative estimate of drug-likeness (QED) is 0.891. The first kappa shape index (κ1) is 15.3. The SMILES string of the molecule is CCCOC1CCCN(C(C)c2cc(C)ccc2O)C1. The molecule has 2 unspecified atom stereocenters. The number of piperidine rings is 1. The number of nitrogens with zero attached hydrogens (tertiary/aromatic N) is 1. The summed E-state index contributed by atoms with van der Waals surface area (Å²) in [4.78, 5) is 2.43. The van der Waals surface area contributed by atoms with Gasteiger partial charge in [-0.3, -0.25) is 4.90 Å². The van der Waals surface area contributed by atoms with Crippen LogP contribution in [0.3, 0.4) is 0 Å². The van der Waals surface area contributed by atoms with Gasteiger partial charge in [0.25, 0.3) is 0 Å². The minimum Gasteiger partial charge on any atom is -0.508 e. The largest absolute Gasteiger partial charge is 0.508 e. The second-order valence-corrected chi connectivity index (χ2v) is 5.87. The van der Waals surface area contributed by atoms with E-state index >= 15 is 0 Å². The van der Waals surface area contributed by atoms with Crippen molar-refractivity contribution in [3.63, 3.8) is 0 Å². The number of hydrogen-bond donors (Lipinski definition) is 1. The molecule has 2 rings (SSSR count). The van der Waals surface area contributed by atoms with Crippen LogP contribution in [0.4, 0.5) is 0 Å². The summed E-state index contributed by atoms with van der Waals surface area (Å²) in [5.41, 5.74) is 2.22. The zero-order valence-corrected chi connectivity index (χ0v) is 12.9. The predicted octanol–water partition coefficient (Wildman–Crippen LogP) is 3.65. The lowest BCUT2D eigenvalue weighted by atomic mass is 9.99. The Kier molecular flexibility index (Phi) is 5.44. The van der Waals surface area contributed by atoms with Crippen LogP contribution in [-0.4, -0.2) is 35.8 Å². The van der Waals surface area contributed by atoms with Crippen molar-refractivity contribution in [3.05, 3.63) is 29.3 Å². The Morgan fingerprint density at radius 3 is 3.00 bits per heavy atom. The van der Waals surface area contributed by atoms with Crippen LogP contribution < -0.4 is 0 Å². The van der Waals surface area contributed by atoms with Gasteiger partial charge in [0.15, 0.2) is 0 Å². The van der Waals surface area contributed by atoms with Crippen LogP contribution in [0.2, 0.25) is 0 Å². The smallest absolute Gasteiger partial charge is 0.120 e. The number of benzene rings is 1. The van der Waals surface area contributed by atoms with Gasteiger partial charge in [0, 0.05) is 24.8 Å². The fraction of sp³-hybridized carbons (Fsp3) is 0.647. The van der Waals surface area contributed by atoms with E-state index in [-0.39, 0.29) is 6.04 Å². The van der Waals surface area contributed by atoms with E-state index in [1.807, 2.05) is 6.07 Å². The van der Waals surface area contributed by atoms with Crippen molar-refractivity contribution in [1.29, 1.82) is 0 Å². The summed E-state index contributed by atoms with van der Waals surface area (Å²) in [6.07, 6.45) is 3.75. The normalized spacial score (nSPS) is 21.9. The maximum atomic E-state index is 10.1. The van der Waals surface area contributed by atoms with Crippen molar-refractivity contribution < 1.29 is 9.84 Å². The van der Waals surface area contributed by atoms with E-state index in [1.54, 1.807) is 6.07 Å². The molecule has 3 nitrogen and oxygen atoms in total. The standard InChI is InChI=1S/C17H27NO2/c1-4-10-20-15-6-5-9-18(12-15)14(3)16-11-13(2)7-8-17(16)19/h7-8,11,14-15,19H,4-6,9-10,12H2,1-3H3. The number of rotatable bonds is 5. The van der Waals surface area contributed by atoms with E-state index in [0.717, 1.165) is 38.1 Å². The molecule has 1 heterocycles. The van der Waals surface area contributed by atoms with Crippen molar-refractivity contribution in [3.8, 4) is 5.75 Å². The Morgan fingerprint density at radius 1 is 1.45 bits per heavy atom. The molecule has 2 atom stereocenters. The molecular formula is C17H27NO2. The molecule has 0 aliphatic carbocycles. The maximum absolute atomic E-state index is 10.1. The molecule has 1 aromatic carbocycles. The first-order valence-corrected chi connectivity index (χ1v) is 7.77. The molecular weight excluding hydrogens is 250 g/mol. The molecule has 1 saturated heterocycles. The molecule has 112 valence electrons. The molecule has 1 aliphatic rings. The Balaban J connectivity index is 2.04. The molecule has 0 bridgehead atoms. The number of ether oxygens (including phenoxy) is 1. The van der Waals surface area contributed by atoms with Gasteiger partial charge in [0.05, 0.1) is 6.10 Å². The van der Waals surface area contributed by atoms with Crippen molar-refractivity contribution in [1.82, 2.24) is 4.90 Å². The van der Waals surface area contributed by atoms with E-state index in [4.69, 9.17) is 4.74 Å². The number of aryl methyl sites for hydroxylation is 1. The second kappa shape index (κ2) is 7.09. The van der Waals surface area contributed by atoms with Gasteiger partial charge in [-0.15, -0.1) is 0 Å². The third-order valence-corrected chi connectivity index (χ3v) is 4.15. The van der Waals surface area contributed by atoms with Crippen LogP contribution in [0.1, 0.15) is 50.3 Å². The van der Waals surface area contributed by atoms with Gasteiger partial charge in [-0.25, -0.2) is 0 Å². The second-order valence-electron chi connectivity index (χ2n) is 5.87. The molecule has 1 N–H and O–H groups in total. The van der Waals surface area contributed by atoms with Gasteiger partial charge < -0.3 is 9.84 Å². The van der Waals surface area contributed by atoms with E-state index in [9.17, 15) is 5.11 Å². The van der Waals surface area contributed by atoms with E-state index in [0.29, 0.717) is 11.9 Å². The first-order valence-electron chi connectivity index (χ1n) is 7.77. The molecule has 0 spiro atoms. The topological polar surface area (TPSA) is 32.7 Å². The fourth-order valence-corrected chi connectivity index (χ4v) is 2.94. The van der Waals surface area contributed by atoms with Crippen LogP contribution in [0.5, 0.6) is 5.75 Å². The maximum Gasteiger partial charge on any atom is 0.120 e. The molecule has 1 fully saturated rings. The average Bonchev–Trinajstić information content (AvgIpc) is 2.47. The zero-order valence-electron chi connectivity index (χ0n) is 12.9. The van der Waals surface area contributed by atoms with Gasteiger partial charge in [-0.2, -0.15) is 0 Å². The van der Waals surface area contributed by atoms with Crippen LogP contribution in [-0.2, 0) is 4.74 Å². The number of likely N-dealkylation sites (tertiary alicyclic amines) is 1. The summed E-state index contributed by atoms with van der Waals surface area (Å²) >= 11 is 0. The van der Waals surface area contributed by atoms with E-state index in [2.05, 4.69) is 31.7 Å². The van der Waals surface area contributed by atoms with Gasteiger partial charge in [-0.05, 0) is 45.7 Å². The molecule has 0 aromatic heterocycles. The number of hydrogen-bond acceptors (Lipinski definition) is 3. The van der Waals surface area contributed by atoms with Crippen LogP contribution in [0, 0.1) is 6.92 Å². The Bertz CT molecular complexity index is 433. The summed E-state index contributed by atoms with van der Waals surface area (Å²) in [5.74, 6) is 0.403. The Labute approximate surface area is 122 Å². The molecule has 0 amide bonds. The van der Waals surface area contributed by atoms with Gasteiger partial charge in [0.1, 0.15) is 5.75 Å². The van der Waals surface area contributed by atoms with Crippen molar-refractivity contribution in [2.45, 2.75) is 52.2 Å². The average molecular weight is 277 g/mol. The number of aromatic hydroxyl groups is 1. The molecule has 1 aromatic rings. The predicted molar refractivity (Wildman–Crippen MR) is 82.1 cm³/mol. The molecule has 1 aliphatic heterocycles. The minimum atomic E-state index is 0.239. The molecule has 3 heteroatoms. The van der Waals surface area contributed by atoms with Crippen LogP contribution in [0.15, 0.2) is 18.2 Å². The minimum absolute atomic E-state index is 0.239. The summed E-state index contributed by atoms with van der Waals surface area (Å²) in [6.45, 7) is 9.29. The van der Waals surface area contributed by atoms with Crippen molar-refractivity contribution in [2.75, 3.05) is 19.7 Å². The van der Waals surface area contributed by atoms with Gasteiger partial charge in [0.2, 0.25) is 0 Å². The zero-order chi connectivity index (χ0) is 14.5. The lowest BCUT2D eigenvalue weighted by molar-refractivity contribution is -0.0109. The van der Waals surface area contributed by atoms with E-state index in [1.165, 1.54) is 12.0 Å². The van der Waals surface area contributed by atoms with E-state index < -0.39 is 0 Å². The lowest BCUT2D eigenvalue weighted by Crippen LogP contribution is -2.41. The van der Waals surface area contributed by atoms with Gasteiger partial charge in [-0.1, -0.05) is 24.6 Å². The molecule has 20 heavy (non-hydrogen) atoms. The summed E-state index contributed by atoms with van der Waals surface area (Å²) < 4.78 is 5.90. The first-order chi connectivity index (χ1) is 9.61. The highest BCUT2D eigenvalue weighted by Crippen LogP contribution is 2.31. The van der Waals surface area contributed by atoms with Crippen molar-refractivity contribution >= 4 is 0 Å². The van der Waals surface area contributed by atoms with Crippen LogP contribution in [0.25, 0.3) is 0 Å². The van der Waals surface area contributed by atoms with Crippen molar-refractivity contribution in [2.24, 2.45) is 0 Å². The number of phenols is 1. The monoisotopic (exact) mass is 277 g/mol. The molecule has 0 radical (unpaired) electrons. The highest BCUT2D eigenvalue weighted by Gasteiger charge is 2.26. The fourth-order valence-electron chi connectivity index (χ4n) is 2.94. The lowest BCUT2D eigenvalue weighted by Gasteiger charge is -2.37. The van der Waals surface area contributed by atoms with Gasteiger partial charge >= 0.3 is 0 Å². The number of phenolic OH excluding ortho intramolecular Hbond substituents is 1. The third-order valence-electron chi connectivity index (χ3n) is 4.15. The summed E-state index contributed by atoms with van der Waals surface area (Å²) in [7, 11) is 0. The highest BCUT2D eigenvalue weighted by molar-refractivity contribution is 5.37. The third kappa shape index (κ3) is 3.74. The summed E-state index contributed by atoms with van der Waals surface area (Å²) in [6, 6.07) is 6.09.